The third-order valence-electron chi connectivity index (χ3n) is 8.56. The van der Waals surface area contributed by atoms with Crippen molar-refractivity contribution in [1.82, 2.24) is 4.90 Å². The van der Waals surface area contributed by atoms with Crippen molar-refractivity contribution in [1.29, 1.82) is 0 Å². The Labute approximate surface area is 206 Å². The normalized spacial score (nSPS) is 21.7. The molecule has 0 N–H and O–H groups in total. The van der Waals surface area contributed by atoms with E-state index >= 15 is 0 Å². The van der Waals surface area contributed by atoms with Gasteiger partial charge in [-0.05, 0) is 56.4 Å². The number of carbonyl (C=O) groups is 1. The molecule has 1 saturated heterocycles. The van der Waals surface area contributed by atoms with Crippen LogP contribution in [-0.2, 0) is 0 Å². The second-order valence-corrected chi connectivity index (χ2v) is 11.2. The number of amides is 1. The zero-order chi connectivity index (χ0) is 23.9. The Bertz CT molecular complexity index is 777. The first-order valence-corrected chi connectivity index (χ1v) is 14.1. The fourth-order valence-electron chi connectivity index (χ4n) is 6.63. The van der Waals surface area contributed by atoms with Gasteiger partial charge in [0.25, 0.3) is 5.91 Å². The van der Waals surface area contributed by atoms with Crippen LogP contribution in [0.2, 0.25) is 0 Å². The number of carbonyl (C=O) groups excluding carboxylic acids is 1. The summed E-state index contributed by atoms with van der Waals surface area (Å²) in [5.41, 5.74) is -0.0592. The van der Waals surface area contributed by atoms with Crippen LogP contribution in [0.4, 0.5) is 0 Å². The predicted molar refractivity (Wildman–Crippen MR) is 136 cm³/mol. The summed E-state index contributed by atoms with van der Waals surface area (Å²) in [6, 6.07) is 7.68. The van der Waals surface area contributed by atoms with E-state index in [9.17, 15) is 9.70 Å². The van der Waals surface area contributed by atoms with Crippen molar-refractivity contribution in [2.45, 2.75) is 121 Å². The van der Waals surface area contributed by atoms with E-state index in [-0.39, 0.29) is 17.0 Å². The Hall–Kier alpha value is -1.91. The van der Waals surface area contributed by atoms with Gasteiger partial charge in [-0.15, -0.1) is 0 Å². The molecule has 5 nitrogen and oxygen atoms in total. The molecule has 0 radical (unpaired) electrons. The molecule has 1 heterocycles. The molecule has 2 aliphatic carbocycles. The summed E-state index contributed by atoms with van der Waals surface area (Å²) < 4.78 is 7.43. The van der Waals surface area contributed by atoms with Crippen molar-refractivity contribution in [3.8, 4) is 5.75 Å². The van der Waals surface area contributed by atoms with Gasteiger partial charge in [0.2, 0.25) is 11.1 Å². The van der Waals surface area contributed by atoms with E-state index in [1.807, 2.05) is 29.2 Å². The van der Waals surface area contributed by atoms with Gasteiger partial charge in [0.1, 0.15) is 5.75 Å². The van der Waals surface area contributed by atoms with E-state index in [1.54, 1.807) is 0 Å². The highest BCUT2D eigenvalue weighted by atomic mass is 16.5. The molecular formula is C29H45N2O3+. The van der Waals surface area contributed by atoms with Gasteiger partial charge >= 0.3 is 0 Å². The summed E-state index contributed by atoms with van der Waals surface area (Å²) >= 11 is 0. The van der Waals surface area contributed by atoms with Crippen molar-refractivity contribution < 1.29 is 14.3 Å². The highest BCUT2D eigenvalue weighted by molar-refractivity contribution is 5.94. The maximum Gasteiger partial charge on any atom is 0.254 e. The van der Waals surface area contributed by atoms with Crippen molar-refractivity contribution in [2.24, 2.45) is 0 Å². The number of rotatable bonds is 9. The summed E-state index contributed by atoms with van der Waals surface area (Å²) in [6.45, 7) is 4.13. The molecule has 188 valence electrons. The third-order valence-corrected chi connectivity index (χ3v) is 8.56. The summed E-state index contributed by atoms with van der Waals surface area (Å²) in [5.74, 6) is 0.910. The van der Waals surface area contributed by atoms with E-state index in [2.05, 4.69) is 6.92 Å². The van der Waals surface area contributed by atoms with Crippen molar-refractivity contribution in [2.75, 3.05) is 19.7 Å². The molecule has 1 aromatic carbocycles. The Kier molecular flexibility index (Phi) is 8.65. The first-order chi connectivity index (χ1) is 16.6. The monoisotopic (exact) mass is 469 g/mol. The van der Waals surface area contributed by atoms with Crippen LogP contribution < -0.4 is 4.74 Å². The lowest BCUT2D eigenvalue weighted by Crippen LogP contribution is -2.69. The smallest absolute Gasteiger partial charge is 0.254 e. The van der Waals surface area contributed by atoms with Gasteiger partial charge in [-0.2, -0.15) is 0 Å². The van der Waals surface area contributed by atoms with E-state index in [0.717, 1.165) is 70.1 Å². The lowest BCUT2D eigenvalue weighted by atomic mass is 9.71. The number of ether oxygens (including phenoxy) is 1. The Morgan fingerprint density at radius 3 is 1.91 bits per heavy atom. The van der Waals surface area contributed by atoms with Crippen LogP contribution in [0.1, 0.15) is 120 Å². The largest absolute Gasteiger partial charge is 0.494 e. The SMILES string of the molecule is CCCCCCCCOc1ccc(C(=O)N2CC3(CCCCC3)[N+](=O)C3(CCCCC3)C2)cc1. The minimum atomic E-state index is -0.385. The van der Waals surface area contributed by atoms with E-state index in [4.69, 9.17) is 4.74 Å². The summed E-state index contributed by atoms with van der Waals surface area (Å²) in [5, 5.41) is 0. The zero-order valence-corrected chi connectivity index (χ0v) is 21.4. The number of hydrogen-bond acceptors (Lipinski definition) is 3. The topological polar surface area (TPSA) is 49.6 Å². The first kappa shape index (κ1) is 25.2. The van der Waals surface area contributed by atoms with Gasteiger partial charge in [-0.3, -0.25) is 4.79 Å². The predicted octanol–water partition coefficient (Wildman–Crippen LogP) is 7.07. The number of piperazine rings is 1. The molecule has 4 rings (SSSR count). The molecule has 1 aromatic rings. The molecule has 1 amide bonds. The van der Waals surface area contributed by atoms with Crippen LogP contribution in [0.5, 0.6) is 5.75 Å². The highest BCUT2D eigenvalue weighted by Gasteiger charge is 2.63. The minimum absolute atomic E-state index is 0.0745. The van der Waals surface area contributed by atoms with Gasteiger partial charge < -0.3 is 9.64 Å². The molecule has 0 atom stereocenters. The molecule has 0 aromatic heterocycles. The molecule has 3 aliphatic rings. The highest BCUT2D eigenvalue weighted by Crippen LogP contribution is 2.44. The lowest BCUT2D eigenvalue weighted by Gasteiger charge is -2.47. The Balaban J connectivity index is 1.39. The van der Waals surface area contributed by atoms with E-state index in [0.29, 0.717) is 18.7 Å². The summed E-state index contributed by atoms with van der Waals surface area (Å²) in [6.07, 6.45) is 18.0. The summed E-state index contributed by atoms with van der Waals surface area (Å²) in [7, 11) is 0. The van der Waals surface area contributed by atoms with Crippen LogP contribution >= 0.6 is 0 Å². The van der Waals surface area contributed by atoms with Crippen molar-refractivity contribution in [3.05, 3.63) is 34.7 Å². The Morgan fingerprint density at radius 1 is 0.824 bits per heavy atom. The minimum Gasteiger partial charge on any atom is -0.494 e. The van der Waals surface area contributed by atoms with Gasteiger partial charge in [0.05, 0.1) is 19.7 Å². The van der Waals surface area contributed by atoms with Crippen LogP contribution in [0.3, 0.4) is 0 Å². The summed E-state index contributed by atoms with van der Waals surface area (Å²) in [4.78, 5) is 29.4. The van der Waals surface area contributed by atoms with Crippen molar-refractivity contribution >= 4 is 5.91 Å². The van der Waals surface area contributed by atoms with Gasteiger partial charge in [0, 0.05) is 40.9 Å². The van der Waals surface area contributed by atoms with E-state index < -0.39 is 0 Å². The third kappa shape index (κ3) is 5.66. The van der Waals surface area contributed by atoms with E-state index in [1.165, 1.54) is 49.7 Å². The maximum absolute atomic E-state index is 13.8. The fourth-order valence-corrected chi connectivity index (χ4v) is 6.63. The number of unbranched alkanes of at least 4 members (excludes halogenated alkanes) is 5. The van der Waals surface area contributed by atoms with Gasteiger partial charge in [-0.25, -0.2) is 0 Å². The number of nitrogens with zero attached hydrogens (tertiary/aromatic N) is 2. The van der Waals surface area contributed by atoms with Crippen LogP contribution in [-0.4, -0.2) is 46.3 Å². The number of hydrogen-bond donors (Lipinski definition) is 0. The number of benzene rings is 1. The molecule has 1 aliphatic heterocycles. The molecule has 2 saturated carbocycles. The van der Waals surface area contributed by atoms with Crippen LogP contribution in [0.25, 0.3) is 0 Å². The molecule has 5 heteroatoms. The average Bonchev–Trinajstić information content (AvgIpc) is 2.88. The molecule has 0 unspecified atom stereocenters. The maximum atomic E-state index is 13.8. The van der Waals surface area contributed by atoms with Crippen LogP contribution in [0.15, 0.2) is 24.3 Å². The average molecular weight is 470 g/mol. The molecule has 0 bridgehead atoms. The molecule has 34 heavy (non-hydrogen) atoms. The molecular weight excluding hydrogens is 424 g/mol. The van der Waals surface area contributed by atoms with Gasteiger partial charge in [-0.1, -0.05) is 51.9 Å². The first-order valence-electron chi connectivity index (χ1n) is 14.1. The molecule has 3 fully saturated rings. The standard InChI is InChI=1S/C29H45N2O3/c1-2-3-4-5-6-13-22-34-26-16-14-25(15-17-26)27(32)30-23-28(18-9-7-10-19-28)31(33)29(24-30)20-11-8-12-21-29/h14-17H,2-13,18-24H2,1H3/q+1. The van der Waals surface area contributed by atoms with Crippen LogP contribution in [0, 0.1) is 4.91 Å². The fraction of sp³-hybridized carbons (Fsp3) is 0.759. The zero-order valence-electron chi connectivity index (χ0n) is 21.4. The van der Waals surface area contributed by atoms with Gasteiger partial charge in [0.15, 0.2) is 0 Å². The Morgan fingerprint density at radius 2 is 1.35 bits per heavy atom. The second-order valence-electron chi connectivity index (χ2n) is 11.2. The molecule has 2 spiro atoms. The second kappa shape index (κ2) is 11.7. The lowest BCUT2D eigenvalue weighted by molar-refractivity contribution is -0.711. The van der Waals surface area contributed by atoms with Crippen molar-refractivity contribution in [3.63, 3.8) is 0 Å². The quantitative estimate of drug-likeness (QED) is 0.287. The number of nitroso groups, excluding NO2 is 1.